The van der Waals surface area contributed by atoms with Gasteiger partial charge in [-0.15, -0.1) is 0 Å². The van der Waals surface area contributed by atoms with Crippen molar-refractivity contribution in [2.24, 2.45) is 0 Å². The number of hydrogen-bond acceptors (Lipinski definition) is 9. The van der Waals surface area contributed by atoms with E-state index < -0.39 is 15.8 Å². The Morgan fingerprint density at radius 2 is 1.91 bits per heavy atom. The van der Waals surface area contributed by atoms with E-state index in [-0.39, 0.29) is 42.5 Å². The van der Waals surface area contributed by atoms with E-state index >= 15 is 0 Å². The van der Waals surface area contributed by atoms with E-state index in [9.17, 15) is 18.3 Å². The number of carbonyl (C=O) groups is 1. The van der Waals surface area contributed by atoms with Crippen LogP contribution >= 0.6 is 0 Å². The molecule has 0 saturated carbocycles. The predicted molar refractivity (Wildman–Crippen MR) is 130 cm³/mol. The number of nitrogens with zero attached hydrogens (tertiary/aromatic N) is 3. The number of ether oxygens (including phenoxy) is 2. The van der Waals surface area contributed by atoms with Gasteiger partial charge in [-0.2, -0.15) is 0 Å². The molecule has 0 radical (unpaired) electrons. The lowest BCUT2D eigenvalue weighted by Crippen LogP contribution is -2.41. The van der Waals surface area contributed by atoms with Gasteiger partial charge in [0, 0.05) is 25.6 Å². The smallest absolute Gasteiger partial charge is 0.316 e. The Kier molecular flexibility index (Phi) is 8.67. The second-order valence-electron chi connectivity index (χ2n) is 8.28. The molecule has 1 aromatic heterocycles. The summed E-state index contributed by atoms with van der Waals surface area (Å²) < 4.78 is 34.2. The first-order valence-electron chi connectivity index (χ1n) is 11.2. The maximum atomic E-state index is 12.0. The second-order valence-corrected chi connectivity index (χ2v) is 10.6. The van der Waals surface area contributed by atoms with Crippen LogP contribution in [0.4, 0.5) is 17.1 Å². The summed E-state index contributed by atoms with van der Waals surface area (Å²) in [5.41, 5.74) is 3.13. The quantitative estimate of drug-likeness (QED) is 0.483. The van der Waals surface area contributed by atoms with E-state index in [4.69, 9.17) is 9.47 Å². The normalized spacial score (nSPS) is 16.6. The monoisotopic (exact) mass is 492 g/mol. The zero-order chi connectivity index (χ0) is 24.7. The average molecular weight is 493 g/mol. The van der Waals surface area contributed by atoms with Crippen molar-refractivity contribution in [2.75, 3.05) is 49.1 Å². The van der Waals surface area contributed by atoms with E-state index in [0.717, 1.165) is 16.9 Å². The Hall–Kier alpha value is -2.92. The maximum absolute atomic E-state index is 12.0. The largest absolute Gasteiger partial charge is 0.481 e. The summed E-state index contributed by atoms with van der Waals surface area (Å²) in [6.07, 6.45) is 4.28. The third-order valence-electron chi connectivity index (χ3n) is 5.99. The van der Waals surface area contributed by atoms with Gasteiger partial charge in [-0.05, 0) is 37.5 Å². The molecule has 10 nitrogen and oxygen atoms in total. The van der Waals surface area contributed by atoms with E-state index in [2.05, 4.69) is 20.2 Å². The van der Waals surface area contributed by atoms with E-state index in [1.807, 2.05) is 25.1 Å². The highest BCUT2D eigenvalue weighted by atomic mass is 32.2. The van der Waals surface area contributed by atoms with E-state index in [1.54, 1.807) is 19.5 Å². The molecule has 11 heteroatoms. The lowest BCUT2D eigenvalue weighted by molar-refractivity contribution is -0.137. The molecule has 1 aliphatic heterocycles. The molecular weight excluding hydrogens is 460 g/mol. The van der Waals surface area contributed by atoms with Gasteiger partial charge >= 0.3 is 12.0 Å². The summed E-state index contributed by atoms with van der Waals surface area (Å²) in [6, 6.07) is 6.13. The van der Waals surface area contributed by atoms with Gasteiger partial charge in [0.1, 0.15) is 9.84 Å². The predicted octanol–water partition coefficient (Wildman–Crippen LogP) is 2.84. The van der Waals surface area contributed by atoms with Crippen LogP contribution in [-0.4, -0.2) is 74.4 Å². The van der Waals surface area contributed by atoms with Crippen LogP contribution in [0.1, 0.15) is 37.7 Å². The summed E-state index contributed by atoms with van der Waals surface area (Å²) in [5, 5.41) is 12.7. The fourth-order valence-electron chi connectivity index (χ4n) is 4.30. The molecule has 1 aromatic carbocycles. The topological polar surface area (TPSA) is 131 Å². The highest BCUT2D eigenvalue weighted by molar-refractivity contribution is 7.91. The van der Waals surface area contributed by atoms with Crippen molar-refractivity contribution >= 4 is 32.9 Å². The minimum Gasteiger partial charge on any atom is -0.481 e. The van der Waals surface area contributed by atoms with Gasteiger partial charge in [0.2, 0.25) is 0 Å². The molecular formula is C23H32N4O6S. The fraction of sp³-hybridized carbons (Fsp3) is 0.522. The van der Waals surface area contributed by atoms with Crippen LogP contribution in [0.25, 0.3) is 0 Å². The molecule has 1 atom stereocenters. The number of hydrogen-bond donors (Lipinski definition) is 2. The molecule has 0 bridgehead atoms. The van der Waals surface area contributed by atoms with Gasteiger partial charge in [0.25, 0.3) is 0 Å². The van der Waals surface area contributed by atoms with Crippen molar-refractivity contribution < 1.29 is 27.8 Å². The third-order valence-corrected chi connectivity index (χ3v) is 7.70. The number of rotatable bonds is 11. The van der Waals surface area contributed by atoms with E-state index in [0.29, 0.717) is 25.1 Å². The highest BCUT2D eigenvalue weighted by Crippen LogP contribution is 2.36. The molecule has 2 N–H and O–H groups in total. The van der Waals surface area contributed by atoms with Gasteiger partial charge in [-0.3, -0.25) is 4.79 Å². The van der Waals surface area contributed by atoms with Crippen LogP contribution in [0.15, 0.2) is 30.6 Å². The summed E-state index contributed by atoms with van der Waals surface area (Å²) in [6.45, 7) is 3.00. The first kappa shape index (κ1) is 25.7. The molecule has 0 amide bonds. The number of sulfone groups is 1. The number of carboxylic acid groups (broad SMARTS) is 1. The number of aromatic nitrogens is 2. The number of methoxy groups -OCH3 is 2. The summed E-state index contributed by atoms with van der Waals surface area (Å²) in [4.78, 5) is 21.9. The Morgan fingerprint density at radius 3 is 2.47 bits per heavy atom. The molecule has 1 fully saturated rings. The molecule has 0 aliphatic carbocycles. The second kappa shape index (κ2) is 11.5. The number of carboxylic acids is 1. The number of anilines is 3. The Balaban J connectivity index is 1.99. The molecule has 1 aliphatic rings. The van der Waals surface area contributed by atoms with Crippen molar-refractivity contribution in [2.45, 2.75) is 38.1 Å². The summed E-state index contributed by atoms with van der Waals surface area (Å²) >= 11 is 0. The van der Waals surface area contributed by atoms with Gasteiger partial charge < -0.3 is 24.8 Å². The Bertz CT molecular complexity index is 1060. The SMILES string of the molecule is CCN(c1ccc(C(COC)CC(=O)O)cc1Nc1cnc(OC)nc1)C1CCS(=O)(=O)CC1. The molecule has 1 saturated heterocycles. The zero-order valence-electron chi connectivity index (χ0n) is 19.7. The van der Waals surface area contributed by atoms with Crippen LogP contribution in [0.3, 0.4) is 0 Å². The number of aliphatic carboxylic acids is 1. The minimum atomic E-state index is -2.98. The first-order chi connectivity index (χ1) is 16.3. The molecule has 1 unspecified atom stereocenters. The van der Waals surface area contributed by atoms with Gasteiger partial charge in [-0.1, -0.05) is 6.07 Å². The lowest BCUT2D eigenvalue weighted by atomic mass is 9.95. The van der Waals surface area contributed by atoms with Crippen LogP contribution in [0, 0.1) is 0 Å². The van der Waals surface area contributed by atoms with Crippen molar-refractivity contribution in [1.29, 1.82) is 0 Å². The molecule has 0 spiro atoms. The van der Waals surface area contributed by atoms with Crippen LogP contribution in [0.2, 0.25) is 0 Å². The lowest BCUT2D eigenvalue weighted by Gasteiger charge is -2.36. The molecule has 34 heavy (non-hydrogen) atoms. The molecule has 2 aromatic rings. The molecule has 3 rings (SSSR count). The van der Waals surface area contributed by atoms with Gasteiger partial charge in [-0.25, -0.2) is 18.4 Å². The summed E-state index contributed by atoms with van der Waals surface area (Å²) in [7, 11) is 0.0597. The maximum Gasteiger partial charge on any atom is 0.316 e. The van der Waals surface area contributed by atoms with Crippen molar-refractivity contribution in [3.05, 3.63) is 36.2 Å². The number of nitrogens with one attached hydrogen (secondary N) is 1. The first-order valence-corrected chi connectivity index (χ1v) is 13.0. The number of benzene rings is 1. The van der Waals surface area contributed by atoms with Crippen LogP contribution in [-0.2, 0) is 19.4 Å². The fourth-order valence-corrected chi connectivity index (χ4v) is 5.77. The van der Waals surface area contributed by atoms with Crippen molar-refractivity contribution in [3.63, 3.8) is 0 Å². The molecule has 2 heterocycles. The minimum absolute atomic E-state index is 0.0593. The van der Waals surface area contributed by atoms with E-state index in [1.165, 1.54) is 7.11 Å². The third kappa shape index (κ3) is 6.57. The van der Waals surface area contributed by atoms with Crippen molar-refractivity contribution in [3.8, 4) is 6.01 Å². The average Bonchev–Trinajstić information content (AvgIpc) is 2.81. The van der Waals surface area contributed by atoms with Crippen molar-refractivity contribution in [1.82, 2.24) is 9.97 Å². The Labute approximate surface area is 200 Å². The standard InChI is InChI=1S/C23H32N4O6S/c1-4-27(19-7-9-34(30,31)10-8-19)21-6-5-16(17(15-32-2)12-22(28)29)11-20(21)26-18-13-24-23(33-3)25-14-18/h5-6,11,13-14,17,19,26H,4,7-10,12,15H2,1-3H3,(H,28,29). The van der Waals surface area contributed by atoms with Crippen LogP contribution in [0.5, 0.6) is 6.01 Å². The highest BCUT2D eigenvalue weighted by Gasteiger charge is 2.29. The molecule has 186 valence electrons. The Morgan fingerprint density at radius 1 is 1.24 bits per heavy atom. The summed E-state index contributed by atoms with van der Waals surface area (Å²) in [5.74, 6) is -0.868. The zero-order valence-corrected chi connectivity index (χ0v) is 20.5. The van der Waals surface area contributed by atoms with Gasteiger partial charge in [0.05, 0.1) is 61.1 Å². The van der Waals surface area contributed by atoms with Crippen LogP contribution < -0.4 is 15.0 Å². The van der Waals surface area contributed by atoms with Gasteiger partial charge in [0.15, 0.2) is 0 Å².